The fraction of sp³-hybridized carbons (Fsp3) is 0.250. The first-order chi connectivity index (χ1) is 17.1. The van der Waals surface area contributed by atoms with Gasteiger partial charge in [-0.3, -0.25) is 9.59 Å². The van der Waals surface area contributed by atoms with Gasteiger partial charge in [0.15, 0.2) is 0 Å². The largest absolute Gasteiger partial charge is 0.386 e. The molecule has 0 aliphatic carbocycles. The maximum atomic E-state index is 13.0. The van der Waals surface area contributed by atoms with E-state index in [0.717, 1.165) is 33.5 Å². The van der Waals surface area contributed by atoms with Gasteiger partial charge in [0.2, 0.25) is 0 Å². The molecule has 0 radical (unpaired) electrons. The quantitative estimate of drug-likeness (QED) is 0.351. The van der Waals surface area contributed by atoms with Gasteiger partial charge >= 0.3 is 0 Å². The number of carbonyl (C=O) groups excluding carboxylic acids is 1. The summed E-state index contributed by atoms with van der Waals surface area (Å²) < 4.78 is 3.51. The summed E-state index contributed by atoms with van der Waals surface area (Å²) in [5.74, 6) is 0.513. The van der Waals surface area contributed by atoms with Crippen molar-refractivity contribution in [1.29, 1.82) is 0 Å². The van der Waals surface area contributed by atoms with Crippen LogP contribution in [0.15, 0.2) is 59.5 Å². The average Bonchev–Trinajstić information content (AvgIpc) is 3.44. The summed E-state index contributed by atoms with van der Waals surface area (Å²) in [4.78, 5) is 33.6. The number of imidazole rings is 1. The molecule has 184 valence electrons. The first kappa shape index (κ1) is 23.6. The summed E-state index contributed by atoms with van der Waals surface area (Å²) in [5.41, 5.74) is 4.11. The Morgan fingerprint density at radius 3 is 2.50 bits per heavy atom. The summed E-state index contributed by atoms with van der Waals surface area (Å²) in [7, 11) is 3.64. The number of carbonyl (C=O) groups is 1. The molecule has 0 atom stereocenters. The van der Waals surface area contributed by atoms with Crippen LogP contribution in [0.2, 0.25) is 0 Å². The van der Waals surface area contributed by atoms with Crippen LogP contribution in [0.4, 0.5) is 0 Å². The Hall–Kier alpha value is -4.17. The second kappa shape index (κ2) is 8.49. The van der Waals surface area contributed by atoms with Crippen molar-refractivity contribution in [2.75, 3.05) is 6.54 Å². The van der Waals surface area contributed by atoms with Crippen LogP contribution in [0, 0.1) is 0 Å². The van der Waals surface area contributed by atoms with Gasteiger partial charge < -0.3 is 24.5 Å². The fourth-order valence-corrected chi connectivity index (χ4v) is 4.62. The second-order valence-electron chi connectivity index (χ2n) is 9.60. The molecular weight excluding hydrogens is 454 g/mol. The maximum Gasteiger partial charge on any atom is 0.274 e. The normalized spacial score (nSPS) is 11.9. The number of amides is 1. The van der Waals surface area contributed by atoms with Crippen LogP contribution in [0.25, 0.3) is 44.5 Å². The van der Waals surface area contributed by atoms with Crippen molar-refractivity contribution >= 4 is 27.8 Å². The van der Waals surface area contributed by atoms with Crippen molar-refractivity contribution in [1.82, 2.24) is 24.4 Å². The Bertz CT molecular complexity index is 1680. The lowest BCUT2D eigenvalue weighted by Crippen LogP contribution is -2.23. The molecule has 0 aliphatic heterocycles. The summed E-state index contributed by atoms with van der Waals surface area (Å²) in [6, 6.07) is 15.5. The van der Waals surface area contributed by atoms with E-state index in [0.29, 0.717) is 28.7 Å². The Morgan fingerprint density at radius 1 is 1.11 bits per heavy atom. The molecule has 5 aromatic rings. The highest BCUT2D eigenvalue weighted by atomic mass is 16.3. The van der Waals surface area contributed by atoms with E-state index in [1.807, 2.05) is 61.0 Å². The monoisotopic (exact) mass is 483 g/mol. The van der Waals surface area contributed by atoms with E-state index in [1.165, 1.54) is 4.57 Å². The summed E-state index contributed by atoms with van der Waals surface area (Å²) in [6.45, 7) is 5.80. The Labute approximate surface area is 208 Å². The summed E-state index contributed by atoms with van der Waals surface area (Å²) >= 11 is 0. The number of fused-ring (bicyclic) bond motifs is 2. The van der Waals surface area contributed by atoms with Gasteiger partial charge in [-0.15, -0.1) is 0 Å². The van der Waals surface area contributed by atoms with Gasteiger partial charge in [-0.05, 0) is 44.5 Å². The number of aliphatic hydroxyl groups is 1. The molecule has 0 unspecified atom stereocenters. The second-order valence-corrected chi connectivity index (χ2v) is 9.60. The minimum atomic E-state index is -1.11. The number of hydrogen-bond acceptors (Lipinski definition) is 4. The lowest BCUT2D eigenvalue weighted by Gasteiger charge is -2.20. The zero-order valence-corrected chi connectivity index (χ0v) is 21.0. The molecule has 0 bridgehead atoms. The standard InChI is InChI=1S/C28H29N5O3/c1-6-29-26(34)21-14-19-20(15-32(4)27(35)24(19)30-21)18-12-17(28(2,3)36)13-22-23(18)31-25(33(22)5)16-10-8-7-9-11-16/h7-15,30,36H,6H2,1-5H3,(H,29,34). The lowest BCUT2D eigenvalue weighted by molar-refractivity contribution is 0.0787. The minimum Gasteiger partial charge on any atom is -0.386 e. The highest BCUT2D eigenvalue weighted by Crippen LogP contribution is 2.38. The van der Waals surface area contributed by atoms with Crippen LogP contribution in [-0.4, -0.2) is 36.7 Å². The van der Waals surface area contributed by atoms with E-state index in [1.54, 1.807) is 33.2 Å². The summed E-state index contributed by atoms with van der Waals surface area (Å²) in [5, 5.41) is 14.3. The van der Waals surface area contributed by atoms with Gasteiger partial charge in [0.25, 0.3) is 11.5 Å². The Morgan fingerprint density at radius 2 is 1.83 bits per heavy atom. The Balaban J connectivity index is 1.87. The van der Waals surface area contributed by atoms with Crippen molar-refractivity contribution < 1.29 is 9.90 Å². The highest BCUT2D eigenvalue weighted by Gasteiger charge is 2.24. The summed E-state index contributed by atoms with van der Waals surface area (Å²) in [6.07, 6.45) is 1.76. The van der Waals surface area contributed by atoms with Crippen molar-refractivity contribution in [2.24, 2.45) is 14.1 Å². The molecule has 0 fully saturated rings. The van der Waals surface area contributed by atoms with Gasteiger partial charge in [-0.1, -0.05) is 30.3 Å². The Kier molecular flexibility index (Phi) is 5.56. The smallest absolute Gasteiger partial charge is 0.274 e. The predicted octanol–water partition coefficient (Wildman–Crippen LogP) is 4.06. The minimum absolute atomic E-state index is 0.231. The van der Waals surface area contributed by atoms with Crippen molar-refractivity contribution in [2.45, 2.75) is 26.4 Å². The molecule has 8 nitrogen and oxygen atoms in total. The number of benzene rings is 2. The van der Waals surface area contributed by atoms with Gasteiger partial charge in [0, 0.05) is 48.9 Å². The molecule has 5 rings (SSSR count). The van der Waals surface area contributed by atoms with E-state index in [4.69, 9.17) is 4.98 Å². The number of aromatic nitrogens is 4. The first-order valence-corrected chi connectivity index (χ1v) is 11.9. The third-order valence-corrected chi connectivity index (χ3v) is 6.56. The number of H-pyrrole nitrogens is 1. The van der Waals surface area contributed by atoms with E-state index in [-0.39, 0.29) is 11.5 Å². The van der Waals surface area contributed by atoms with Gasteiger partial charge in [0.05, 0.1) is 16.6 Å². The molecule has 8 heteroatoms. The van der Waals surface area contributed by atoms with E-state index < -0.39 is 5.60 Å². The van der Waals surface area contributed by atoms with Crippen LogP contribution in [0.1, 0.15) is 36.8 Å². The van der Waals surface area contributed by atoms with Crippen molar-refractivity contribution in [3.63, 3.8) is 0 Å². The number of aromatic amines is 1. The molecule has 0 spiro atoms. The molecule has 0 saturated heterocycles. The van der Waals surface area contributed by atoms with Crippen molar-refractivity contribution in [3.8, 4) is 22.5 Å². The van der Waals surface area contributed by atoms with E-state index in [9.17, 15) is 14.7 Å². The van der Waals surface area contributed by atoms with Gasteiger partial charge in [0.1, 0.15) is 17.0 Å². The SMILES string of the molecule is CCNC(=O)c1cc2c(-c3cc(C(C)(C)O)cc4c3nc(-c3ccccc3)n4C)cn(C)c(=O)c2[nH]1. The molecule has 0 saturated carbocycles. The third-order valence-electron chi connectivity index (χ3n) is 6.56. The molecule has 36 heavy (non-hydrogen) atoms. The number of rotatable bonds is 5. The van der Waals surface area contributed by atoms with Gasteiger partial charge in [-0.2, -0.15) is 0 Å². The average molecular weight is 484 g/mol. The predicted molar refractivity (Wildman–Crippen MR) is 142 cm³/mol. The molecule has 3 heterocycles. The molecular formula is C28H29N5O3. The lowest BCUT2D eigenvalue weighted by atomic mass is 9.92. The number of aryl methyl sites for hydroxylation is 2. The number of nitrogens with one attached hydrogen (secondary N) is 2. The van der Waals surface area contributed by atoms with E-state index in [2.05, 4.69) is 10.3 Å². The number of pyridine rings is 1. The van der Waals surface area contributed by atoms with Crippen LogP contribution in [0.5, 0.6) is 0 Å². The van der Waals surface area contributed by atoms with Crippen LogP contribution in [0.3, 0.4) is 0 Å². The van der Waals surface area contributed by atoms with Crippen molar-refractivity contribution in [3.05, 3.63) is 76.3 Å². The molecule has 1 amide bonds. The molecule has 3 aromatic heterocycles. The third kappa shape index (κ3) is 3.79. The maximum absolute atomic E-state index is 13.0. The number of hydrogen-bond donors (Lipinski definition) is 3. The molecule has 0 aliphatic rings. The molecule has 3 N–H and O–H groups in total. The van der Waals surface area contributed by atoms with Crippen LogP contribution >= 0.6 is 0 Å². The zero-order chi connectivity index (χ0) is 25.8. The van der Waals surface area contributed by atoms with Crippen LogP contribution < -0.4 is 10.9 Å². The van der Waals surface area contributed by atoms with Crippen LogP contribution in [-0.2, 0) is 19.7 Å². The topological polar surface area (TPSA) is 105 Å². The zero-order valence-electron chi connectivity index (χ0n) is 21.0. The first-order valence-electron chi connectivity index (χ1n) is 11.9. The highest BCUT2D eigenvalue weighted by molar-refractivity contribution is 6.06. The fourth-order valence-electron chi connectivity index (χ4n) is 4.62. The number of nitrogens with zero attached hydrogens (tertiary/aromatic N) is 3. The van der Waals surface area contributed by atoms with Gasteiger partial charge in [-0.25, -0.2) is 4.98 Å². The molecule has 2 aromatic carbocycles. The van der Waals surface area contributed by atoms with E-state index >= 15 is 0 Å².